The van der Waals surface area contributed by atoms with Crippen LogP contribution in [0.5, 0.6) is 0 Å². The minimum atomic E-state index is -4.68. The summed E-state index contributed by atoms with van der Waals surface area (Å²) >= 11 is 0. The quantitative estimate of drug-likeness (QED) is 0.673. The van der Waals surface area contributed by atoms with Gasteiger partial charge in [-0.2, -0.15) is 13.2 Å². The van der Waals surface area contributed by atoms with E-state index in [1.54, 1.807) is 20.8 Å². The number of fused-ring (bicyclic) bond motifs is 2. The molecule has 0 aromatic carbocycles. The van der Waals surface area contributed by atoms with Crippen LogP contribution in [0.15, 0.2) is 0 Å². The van der Waals surface area contributed by atoms with Crippen LogP contribution in [0.3, 0.4) is 0 Å². The van der Waals surface area contributed by atoms with E-state index in [1.807, 2.05) is 0 Å². The lowest BCUT2D eigenvalue weighted by atomic mass is 9.57. The van der Waals surface area contributed by atoms with Crippen molar-refractivity contribution in [3.05, 3.63) is 0 Å². The van der Waals surface area contributed by atoms with Gasteiger partial charge in [0.05, 0.1) is 0 Å². The number of halogens is 3. The van der Waals surface area contributed by atoms with Gasteiger partial charge in [-0.05, 0) is 44.9 Å². The molecular weight excluding hydrogens is 353 g/mol. The fourth-order valence-electron chi connectivity index (χ4n) is 5.70. The van der Waals surface area contributed by atoms with Gasteiger partial charge < -0.3 is 14.2 Å². The van der Waals surface area contributed by atoms with Gasteiger partial charge in [-0.1, -0.05) is 13.8 Å². The van der Waals surface area contributed by atoms with Crippen molar-refractivity contribution in [2.75, 3.05) is 6.61 Å². The minimum absolute atomic E-state index is 0.0193. The van der Waals surface area contributed by atoms with Crippen molar-refractivity contribution in [1.82, 2.24) is 0 Å². The van der Waals surface area contributed by atoms with Crippen molar-refractivity contribution in [3.63, 3.8) is 0 Å². The molecule has 5 fully saturated rings. The molecule has 26 heavy (non-hydrogen) atoms. The van der Waals surface area contributed by atoms with Gasteiger partial charge in [0, 0.05) is 24.9 Å². The first-order valence-electron chi connectivity index (χ1n) is 9.53. The summed E-state index contributed by atoms with van der Waals surface area (Å²) in [6.07, 6.45) is -3.10. The summed E-state index contributed by atoms with van der Waals surface area (Å²) in [6.45, 7) is 6.80. The van der Waals surface area contributed by atoms with Crippen LogP contribution in [0.25, 0.3) is 0 Å². The van der Waals surface area contributed by atoms with Crippen molar-refractivity contribution in [2.24, 2.45) is 23.7 Å². The summed E-state index contributed by atoms with van der Waals surface area (Å²) in [6, 6.07) is 0. The van der Waals surface area contributed by atoms with E-state index in [0.717, 1.165) is 12.8 Å². The second kappa shape index (κ2) is 5.80. The SMILES string of the molecule is CCO[C@@]1(C(F)(F)F)O[C@@H]2OC3(C)CC[C@H]4[C@H](C)CC[C@@H]([C@H]1C)C24OO3. The van der Waals surface area contributed by atoms with Crippen LogP contribution in [0.1, 0.15) is 53.4 Å². The first-order valence-corrected chi connectivity index (χ1v) is 9.53. The van der Waals surface area contributed by atoms with Crippen molar-refractivity contribution in [1.29, 1.82) is 0 Å². The molecule has 5 rings (SSSR count). The highest BCUT2D eigenvalue weighted by Gasteiger charge is 2.77. The number of hydrogen-bond donors (Lipinski definition) is 0. The van der Waals surface area contributed by atoms with Crippen LogP contribution >= 0.6 is 0 Å². The van der Waals surface area contributed by atoms with Crippen molar-refractivity contribution < 1.29 is 37.2 Å². The second-order valence-electron chi connectivity index (χ2n) is 8.41. The Kier molecular flexibility index (Phi) is 4.22. The lowest BCUT2D eigenvalue weighted by molar-refractivity contribution is -0.598. The number of ether oxygens (including phenoxy) is 3. The minimum Gasteiger partial charge on any atom is -0.343 e. The Labute approximate surface area is 151 Å². The van der Waals surface area contributed by atoms with Crippen LogP contribution in [0.2, 0.25) is 0 Å². The van der Waals surface area contributed by atoms with E-state index in [9.17, 15) is 13.2 Å². The maximum Gasteiger partial charge on any atom is 0.443 e. The Morgan fingerprint density at radius 3 is 2.42 bits per heavy atom. The molecule has 0 aromatic heterocycles. The number of rotatable bonds is 2. The van der Waals surface area contributed by atoms with Crippen molar-refractivity contribution >= 4 is 0 Å². The lowest BCUT2D eigenvalue weighted by Gasteiger charge is -2.62. The fraction of sp³-hybridized carbons (Fsp3) is 1.00. The Morgan fingerprint density at radius 2 is 1.77 bits per heavy atom. The highest BCUT2D eigenvalue weighted by molar-refractivity contribution is 5.12. The smallest absolute Gasteiger partial charge is 0.343 e. The molecule has 5 aliphatic rings. The van der Waals surface area contributed by atoms with Gasteiger partial charge in [-0.15, -0.1) is 0 Å². The van der Waals surface area contributed by atoms with Gasteiger partial charge >= 0.3 is 6.18 Å². The molecule has 4 saturated heterocycles. The summed E-state index contributed by atoms with van der Waals surface area (Å²) in [5.41, 5.74) is -1.03. The molecule has 1 aliphatic carbocycles. The maximum absolute atomic E-state index is 14.2. The Morgan fingerprint density at radius 1 is 1.04 bits per heavy atom. The molecule has 150 valence electrons. The van der Waals surface area contributed by atoms with Crippen molar-refractivity contribution in [3.8, 4) is 0 Å². The third-order valence-electron chi connectivity index (χ3n) is 7.01. The van der Waals surface area contributed by atoms with Crippen LogP contribution < -0.4 is 0 Å². The molecule has 8 atom stereocenters. The molecule has 4 aliphatic heterocycles. The predicted octanol–water partition coefficient (Wildman–Crippen LogP) is 4.16. The van der Waals surface area contributed by atoms with Gasteiger partial charge in [-0.3, -0.25) is 0 Å². The average Bonchev–Trinajstić information content (AvgIpc) is 2.78. The number of alkyl halides is 3. The molecule has 0 aromatic rings. The Balaban J connectivity index is 1.84. The molecule has 0 amide bonds. The van der Waals surface area contributed by atoms with Crippen molar-refractivity contribution in [2.45, 2.75) is 83.0 Å². The molecule has 2 bridgehead atoms. The van der Waals surface area contributed by atoms with Gasteiger partial charge in [0.2, 0.25) is 5.79 Å². The van der Waals surface area contributed by atoms with E-state index in [1.165, 1.54) is 0 Å². The van der Waals surface area contributed by atoms with Crippen LogP contribution in [0.4, 0.5) is 13.2 Å². The normalized spacial score (nSPS) is 53.9. The summed E-state index contributed by atoms with van der Waals surface area (Å²) in [5.74, 6) is -4.87. The van der Waals surface area contributed by atoms with Crippen LogP contribution in [-0.4, -0.2) is 36.2 Å². The molecule has 0 N–H and O–H groups in total. The van der Waals surface area contributed by atoms with E-state index in [4.69, 9.17) is 24.0 Å². The third kappa shape index (κ3) is 2.28. The first kappa shape index (κ1) is 18.9. The van der Waals surface area contributed by atoms with Gasteiger partial charge in [0.15, 0.2) is 11.9 Å². The van der Waals surface area contributed by atoms with E-state index < -0.39 is 41.5 Å². The highest BCUT2D eigenvalue weighted by atomic mass is 19.4. The van der Waals surface area contributed by atoms with Gasteiger partial charge in [0.1, 0.15) is 0 Å². The monoisotopic (exact) mass is 380 g/mol. The van der Waals surface area contributed by atoms with Crippen LogP contribution in [0, 0.1) is 23.7 Å². The zero-order valence-electron chi connectivity index (χ0n) is 15.6. The highest BCUT2D eigenvalue weighted by Crippen LogP contribution is 2.64. The molecule has 5 nitrogen and oxygen atoms in total. The molecule has 1 saturated carbocycles. The topological polar surface area (TPSA) is 46.2 Å². The number of hydrogen-bond acceptors (Lipinski definition) is 5. The van der Waals surface area contributed by atoms with E-state index >= 15 is 0 Å². The van der Waals surface area contributed by atoms with E-state index in [2.05, 4.69) is 6.92 Å². The zero-order valence-corrected chi connectivity index (χ0v) is 15.6. The summed E-state index contributed by atoms with van der Waals surface area (Å²) in [4.78, 5) is 11.5. The third-order valence-corrected chi connectivity index (χ3v) is 7.01. The molecule has 4 heterocycles. The molecule has 8 heteroatoms. The van der Waals surface area contributed by atoms with Gasteiger partial charge in [-0.25, -0.2) is 9.78 Å². The Bertz CT molecular complexity index is 572. The molecule has 0 radical (unpaired) electrons. The fourth-order valence-corrected chi connectivity index (χ4v) is 5.70. The lowest BCUT2D eigenvalue weighted by Crippen LogP contribution is -2.76. The maximum atomic E-state index is 14.2. The van der Waals surface area contributed by atoms with E-state index in [-0.39, 0.29) is 12.5 Å². The molecular formula is C18H27F3O5. The first-order chi connectivity index (χ1) is 12.1. The average molecular weight is 380 g/mol. The molecule has 2 unspecified atom stereocenters. The zero-order chi connectivity index (χ0) is 19.0. The second-order valence-corrected chi connectivity index (χ2v) is 8.41. The molecule has 1 spiro atoms. The predicted molar refractivity (Wildman–Crippen MR) is 83.5 cm³/mol. The Hall–Kier alpha value is -0.410. The summed E-state index contributed by atoms with van der Waals surface area (Å²) in [7, 11) is 0. The summed E-state index contributed by atoms with van der Waals surface area (Å²) < 4.78 is 59.4. The largest absolute Gasteiger partial charge is 0.443 e. The van der Waals surface area contributed by atoms with Crippen LogP contribution in [-0.2, 0) is 24.0 Å². The van der Waals surface area contributed by atoms with E-state index in [0.29, 0.717) is 18.8 Å². The summed E-state index contributed by atoms with van der Waals surface area (Å²) in [5, 5.41) is 0. The van der Waals surface area contributed by atoms with Gasteiger partial charge in [0.25, 0.3) is 5.79 Å². The standard InChI is InChI=1S/C18H27F3O5/c1-5-22-17(18(19,20)21)11(3)13-7-6-10(2)12-8-9-15(4)23-14(24-17)16(12,13)26-25-15/h10-14H,5-9H2,1-4H3/t10-,11-,12+,13+,14+,15?,16?,17-/m1/s1.